The number of para-hydroxylation sites is 1. The summed E-state index contributed by atoms with van der Waals surface area (Å²) >= 11 is 2.74. The fraction of sp³-hybridized carbons (Fsp3) is 0.388. The lowest BCUT2D eigenvalue weighted by molar-refractivity contribution is -0.141. The van der Waals surface area contributed by atoms with Crippen LogP contribution in [0, 0.1) is 0 Å². The molecule has 23 heteroatoms. The number of amides is 8. The van der Waals surface area contributed by atoms with Gasteiger partial charge in [0.15, 0.2) is 0 Å². The molecule has 386 valence electrons. The topological polar surface area (TPSA) is 337 Å². The van der Waals surface area contributed by atoms with Crippen molar-refractivity contribution in [1.29, 1.82) is 0 Å². The van der Waals surface area contributed by atoms with Crippen molar-refractivity contribution < 1.29 is 58.2 Å². The Balaban J connectivity index is 1.51. The van der Waals surface area contributed by atoms with Crippen LogP contribution < -0.4 is 43.0 Å². The largest absolute Gasteiger partial charge is 0.481 e. The van der Waals surface area contributed by atoms with Crippen LogP contribution in [0.2, 0.25) is 0 Å². The number of nitrogens with two attached hydrogens (primary N) is 1. The third kappa shape index (κ3) is 19.1. The number of thioether (sulfide) groups is 2. The minimum Gasteiger partial charge on any atom is -0.481 e. The van der Waals surface area contributed by atoms with Gasteiger partial charge in [-0.3, -0.25) is 47.9 Å². The first-order valence-corrected chi connectivity index (χ1v) is 25.6. The number of rotatable bonds is 30. The smallest absolute Gasteiger partial charge is 0.307 e. The standard InChI is InChI=1S/C49H61N9O12S2/c1-28(59)53-38(22-30-13-15-31(16-14-30)23-42(61)62)47(68)55-35(17-19-71-2)45(66)52-27-41(60)54-39(24-32-26-51-34-12-8-7-11-33(32)34)48(69)56-36(18-20-72-3)46(67)58-40(25-43(63)64)49(70)57-37(44(50)65)21-29-9-5-4-6-10-29/h4-16,26,35-40,51H,17-25,27H2,1-3H3,(H2,50,65)(H,52,66)(H,53,59)(H,54,60)(H,55,68)(H,56,69)(H,57,70)(H,58,67)(H,61,62)(H,63,64)/t35-,36-,37-,38-,39-,40-/m0/s1. The van der Waals surface area contributed by atoms with E-state index in [1.54, 1.807) is 91.5 Å². The molecule has 0 saturated heterocycles. The van der Waals surface area contributed by atoms with Gasteiger partial charge in [-0.1, -0.05) is 72.8 Å². The second kappa shape index (κ2) is 29.1. The number of aromatic nitrogens is 1. The molecule has 3 aromatic carbocycles. The van der Waals surface area contributed by atoms with Crippen molar-refractivity contribution in [2.45, 2.75) is 88.1 Å². The zero-order valence-electron chi connectivity index (χ0n) is 40.0. The zero-order chi connectivity index (χ0) is 52.7. The quantitative estimate of drug-likeness (QED) is 0.0336. The number of aromatic amines is 1. The van der Waals surface area contributed by atoms with E-state index >= 15 is 0 Å². The van der Waals surface area contributed by atoms with E-state index in [2.05, 4.69) is 42.2 Å². The van der Waals surface area contributed by atoms with Gasteiger partial charge >= 0.3 is 11.9 Å². The van der Waals surface area contributed by atoms with E-state index in [1.807, 2.05) is 6.07 Å². The summed E-state index contributed by atoms with van der Waals surface area (Å²) in [4.78, 5) is 133. The van der Waals surface area contributed by atoms with Gasteiger partial charge in [-0.2, -0.15) is 23.5 Å². The lowest BCUT2D eigenvalue weighted by Gasteiger charge is -2.26. The van der Waals surface area contributed by atoms with E-state index in [9.17, 15) is 53.1 Å². The molecule has 0 fully saturated rings. The molecule has 1 aromatic heterocycles. The van der Waals surface area contributed by atoms with E-state index in [-0.39, 0.29) is 38.5 Å². The van der Waals surface area contributed by atoms with Crippen LogP contribution in [-0.2, 0) is 73.6 Å². The normalized spacial score (nSPS) is 13.4. The maximum Gasteiger partial charge on any atom is 0.307 e. The molecule has 8 amide bonds. The van der Waals surface area contributed by atoms with Gasteiger partial charge in [0.2, 0.25) is 47.3 Å². The minimum absolute atomic E-state index is 0.00684. The Morgan fingerprint density at radius 3 is 1.64 bits per heavy atom. The number of H-pyrrole nitrogens is 1. The number of carbonyl (C=O) groups excluding carboxylic acids is 8. The minimum atomic E-state index is -1.70. The molecule has 72 heavy (non-hydrogen) atoms. The highest BCUT2D eigenvalue weighted by atomic mass is 32.2. The maximum absolute atomic E-state index is 14.3. The predicted molar refractivity (Wildman–Crippen MR) is 271 cm³/mol. The van der Waals surface area contributed by atoms with Crippen LogP contribution >= 0.6 is 23.5 Å². The molecule has 0 saturated carbocycles. The van der Waals surface area contributed by atoms with Gasteiger partial charge in [0, 0.05) is 43.3 Å². The van der Waals surface area contributed by atoms with E-state index in [4.69, 9.17) is 10.8 Å². The molecule has 0 bridgehead atoms. The number of hydrogen-bond donors (Lipinski definition) is 11. The van der Waals surface area contributed by atoms with Gasteiger partial charge in [-0.25, -0.2) is 0 Å². The molecule has 4 rings (SSSR count). The first-order chi connectivity index (χ1) is 34.4. The number of primary amides is 1. The third-order valence-electron chi connectivity index (χ3n) is 11.1. The fourth-order valence-electron chi connectivity index (χ4n) is 7.48. The Bertz CT molecular complexity index is 2540. The monoisotopic (exact) mass is 1030 g/mol. The second-order valence-corrected chi connectivity index (χ2v) is 18.7. The van der Waals surface area contributed by atoms with Gasteiger partial charge in [0.25, 0.3) is 0 Å². The highest BCUT2D eigenvalue weighted by molar-refractivity contribution is 7.98. The summed E-state index contributed by atoms with van der Waals surface area (Å²) < 4.78 is 0. The Morgan fingerprint density at radius 1 is 0.556 bits per heavy atom. The van der Waals surface area contributed by atoms with Crippen LogP contribution in [0.15, 0.2) is 85.1 Å². The molecule has 0 spiro atoms. The summed E-state index contributed by atoms with van der Waals surface area (Å²) in [6, 6.07) is 14.3. The molecule has 0 aliphatic carbocycles. The number of carboxylic acids is 2. The fourth-order valence-corrected chi connectivity index (χ4v) is 8.42. The van der Waals surface area contributed by atoms with Crippen LogP contribution in [-0.4, -0.2) is 141 Å². The summed E-state index contributed by atoms with van der Waals surface area (Å²) in [5.74, 6) is -8.12. The van der Waals surface area contributed by atoms with Gasteiger partial charge in [0.1, 0.15) is 36.3 Å². The second-order valence-electron chi connectivity index (χ2n) is 16.7. The molecule has 0 unspecified atom stereocenters. The third-order valence-corrected chi connectivity index (χ3v) is 12.4. The van der Waals surface area contributed by atoms with Crippen molar-refractivity contribution in [3.63, 3.8) is 0 Å². The Hall–Kier alpha value is -7.40. The van der Waals surface area contributed by atoms with Crippen molar-refractivity contribution in [1.82, 2.24) is 42.2 Å². The van der Waals surface area contributed by atoms with E-state index < -0.39 is 108 Å². The van der Waals surface area contributed by atoms with Crippen molar-refractivity contribution in [2.24, 2.45) is 5.73 Å². The number of benzene rings is 3. The molecule has 4 aromatic rings. The first kappa shape index (κ1) is 57.2. The number of aliphatic carboxylic acids is 2. The van der Waals surface area contributed by atoms with Crippen LogP contribution in [0.4, 0.5) is 0 Å². The molecule has 0 radical (unpaired) electrons. The average molecular weight is 1030 g/mol. The summed E-state index contributed by atoms with van der Waals surface area (Å²) in [5.41, 5.74) is 8.73. The molecule has 12 N–H and O–H groups in total. The van der Waals surface area contributed by atoms with Crippen LogP contribution in [0.1, 0.15) is 48.4 Å². The molecule has 0 aliphatic rings. The van der Waals surface area contributed by atoms with Crippen molar-refractivity contribution >= 4 is 93.6 Å². The summed E-state index contributed by atoms with van der Waals surface area (Å²) in [6.45, 7) is 0.577. The molecular weight excluding hydrogens is 971 g/mol. The van der Waals surface area contributed by atoms with Gasteiger partial charge in [-0.15, -0.1) is 0 Å². The van der Waals surface area contributed by atoms with Gasteiger partial charge in [0.05, 0.1) is 19.4 Å². The Labute approximate surface area is 424 Å². The summed E-state index contributed by atoms with van der Waals surface area (Å²) in [7, 11) is 0. The van der Waals surface area contributed by atoms with Crippen molar-refractivity contribution in [3.8, 4) is 0 Å². The number of carboxylic acid groups (broad SMARTS) is 2. The van der Waals surface area contributed by atoms with E-state index in [1.165, 1.54) is 30.4 Å². The number of nitrogens with one attached hydrogen (secondary N) is 8. The lowest BCUT2D eigenvalue weighted by atomic mass is 10.0. The SMILES string of the molecule is CSCC[C@H](NC(=O)[C@H](Cc1ccc(CC(=O)O)cc1)NC(C)=O)C(=O)NCC(=O)N[C@@H](Cc1c[nH]c2ccccc12)C(=O)N[C@@H](CCSC)C(=O)N[C@@H](CC(=O)O)C(=O)N[C@@H](Cc1ccccc1)C(N)=O. The lowest BCUT2D eigenvalue weighted by Crippen LogP contribution is -2.59. The van der Waals surface area contributed by atoms with Crippen LogP contribution in [0.25, 0.3) is 10.9 Å². The van der Waals surface area contributed by atoms with E-state index in [0.29, 0.717) is 33.8 Å². The van der Waals surface area contributed by atoms with Crippen molar-refractivity contribution in [3.05, 3.63) is 107 Å². The van der Waals surface area contributed by atoms with Crippen LogP contribution in [0.5, 0.6) is 0 Å². The predicted octanol–water partition coefficient (Wildman–Crippen LogP) is 0.334. The summed E-state index contributed by atoms with van der Waals surface area (Å²) in [6.07, 6.45) is 4.17. The zero-order valence-corrected chi connectivity index (χ0v) is 41.6. The Morgan fingerprint density at radius 2 is 1.06 bits per heavy atom. The molecule has 0 aliphatic heterocycles. The number of fused-ring (bicyclic) bond motifs is 1. The van der Waals surface area contributed by atoms with E-state index in [0.717, 1.165) is 10.9 Å². The van der Waals surface area contributed by atoms with Crippen molar-refractivity contribution in [2.75, 3.05) is 30.6 Å². The highest BCUT2D eigenvalue weighted by Crippen LogP contribution is 2.20. The van der Waals surface area contributed by atoms with Gasteiger partial charge in [-0.05, 0) is 65.2 Å². The Kier molecular flexibility index (Phi) is 23.1. The molecular formula is C49H61N9O12S2. The number of hydrogen-bond acceptors (Lipinski definition) is 12. The first-order valence-electron chi connectivity index (χ1n) is 22.8. The summed E-state index contributed by atoms with van der Waals surface area (Å²) in [5, 5.41) is 37.5. The van der Waals surface area contributed by atoms with Gasteiger partial charge < -0.3 is 58.1 Å². The average Bonchev–Trinajstić information content (AvgIpc) is 3.75. The molecule has 21 nitrogen and oxygen atoms in total. The van der Waals surface area contributed by atoms with Crippen LogP contribution in [0.3, 0.4) is 0 Å². The highest BCUT2D eigenvalue weighted by Gasteiger charge is 2.33. The molecule has 1 heterocycles. The number of carbonyl (C=O) groups is 10. The molecule has 6 atom stereocenters. The maximum atomic E-state index is 14.3.